The molecule has 0 aromatic heterocycles. The van der Waals surface area contributed by atoms with Gasteiger partial charge in [0.15, 0.2) is 0 Å². The molecule has 0 fully saturated rings. The lowest BCUT2D eigenvalue weighted by Crippen LogP contribution is -2.15. The number of nitrogens with two attached hydrogens (primary N) is 1. The van der Waals surface area contributed by atoms with Crippen molar-refractivity contribution in [3.8, 4) is 0 Å². The second kappa shape index (κ2) is 6.09. The highest BCUT2D eigenvalue weighted by molar-refractivity contribution is 7.90. The Hall–Kier alpha value is -1.51. The Morgan fingerprint density at radius 3 is 2.63 bits per heavy atom. The maximum Gasteiger partial charge on any atom is 0.335 e. The summed E-state index contributed by atoms with van der Waals surface area (Å²) in [4.78, 5) is 10.7. The smallest absolute Gasteiger partial charge is 0.335 e. The third-order valence-corrected chi connectivity index (χ3v) is 3.84. The zero-order valence-electron chi connectivity index (χ0n) is 10.1. The topological polar surface area (TPSA) is 109 Å². The van der Waals surface area contributed by atoms with Gasteiger partial charge in [-0.2, -0.15) is 0 Å². The van der Waals surface area contributed by atoms with E-state index in [1.54, 1.807) is 12.2 Å². The molecule has 0 aliphatic rings. The molecule has 1 aromatic rings. The van der Waals surface area contributed by atoms with Gasteiger partial charge in [0.1, 0.15) is 0 Å². The molecule has 0 amide bonds. The molecule has 0 heterocycles. The van der Waals surface area contributed by atoms with Gasteiger partial charge in [-0.25, -0.2) is 18.4 Å². The summed E-state index contributed by atoms with van der Waals surface area (Å²) < 4.78 is 22.8. The van der Waals surface area contributed by atoms with Gasteiger partial charge in [0.2, 0.25) is 10.0 Å². The predicted molar refractivity (Wildman–Crippen MR) is 75.3 cm³/mol. The van der Waals surface area contributed by atoms with Crippen molar-refractivity contribution in [1.29, 1.82) is 0 Å². The highest BCUT2D eigenvalue weighted by atomic mass is 32.2. The maximum absolute atomic E-state index is 11.4. The van der Waals surface area contributed by atoms with E-state index in [0.29, 0.717) is 12.2 Å². The van der Waals surface area contributed by atoms with Crippen LogP contribution in [-0.2, 0) is 10.0 Å². The molecule has 0 saturated heterocycles. The van der Waals surface area contributed by atoms with Gasteiger partial charge in [-0.05, 0) is 19.1 Å². The predicted octanol–water partition coefficient (Wildman–Crippen LogP) is 1.31. The highest BCUT2D eigenvalue weighted by Crippen LogP contribution is 2.29. The molecular formula is C11H14N2O4S2. The number of carboxylic acids is 1. The summed E-state index contributed by atoms with van der Waals surface area (Å²) >= 11 is 4.08. The number of sulfonamides is 1. The molecule has 1 aromatic carbocycles. The first-order chi connectivity index (χ1) is 8.77. The Balaban J connectivity index is 3.37. The van der Waals surface area contributed by atoms with Crippen LogP contribution in [0.2, 0.25) is 0 Å². The maximum atomic E-state index is 11.4. The molecule has 0 radical (unpaired) electrons. The van der Waals surface area contributed by atoms with Crippen molar-refractivity contribution >= 4 is 34.3 Å². The van der Waals surface area contributed by atoms with Crippen molar-refractivity contribution in [2.24, 2.45) is 5.14 Å². The van der Waals surface area contributed by atoms with Gasteiger partial charge < -0.3 is 10.4 Å². The number of nitrogens with one attached hydrogen (secondary N) is 1. The van der Waals surface area contributed by atoms with Gasteiger partial charge in [0, 0.05) is 11.4 Å². The first-order valence-electron chi connectivity index (χ1n) is 5.25. The van der Waals surface area contributed by atoms with Crippen LogP contribution in [0.25, 0.3) is 0 Å². The van der Waals surface area contributed by atoms with Crippen LogP contribution >= 0.6 is 12.6 Å². The van der Waals surface area contributed by atoms with Crippen LogP contribution in [0.3, 0.4) is 0 Å². The van der Waals surface area contributed by atoms with E-state index in [1.165, 1.54) is 6.07 Å². The van der Waals surface area contributed by atoms with Crippen molar-refractivity contribution in [3.05, 3.63) is 29.8 Å². The monoisotopic (exact) mass is 302 g/mol. The van der Waals surface area contributed by atoms with E-state index >= 15 is 0 Å². The normalized spacial score (nSPS) is 11.7. The van der Waals surface area contributed by atoms with E-state index < -0.39 is 16.0 Å². The van der Waals surface area contributed by atoms with Crippen molar-refractivity contribution in [2.75, 3.05) is 11.9 Å². The molecule has 0 aliphatic carbocycles. The number of allylic oxidation sites excluding steroid dienone is 1. The van der Waals surface area contributed by atoms with Gasteiger partial charge in [0.25, 0.3) is 0 Å². The molecule has 0 atom stereocenters. The lowest BCUT2D eigenvalue weighted by atomic mass is 10.2. The third kappa shape index (κ3) is 3.98. The number of aromatic carboxylic acids is 1. The van der Waals surface area contributed by atoms with Gasteiger partial charge in [-0.1, -0.05) is 12.2 Å². The standard InChI is InChI=1S/C11H14N2O4S2/c1-2-3-4-13-8-5-7(11(14)15)6-9(10(8)18)19(12,16)17/h2-3,5-6,13,18H,4H2,1H3,(H,14,15)(H2,12,16,17). The van der Waals surface area contributed by atoms with E-state index in [2.05, 4.69) is 17.9 Å². The van der Waals surface area contributed by atoms with Crippen LogP contribution < -0.4 is 10.5 Å². The minimum absolute atomic E-state index is 0.0944. The number of hydrogen-bond donors (Lipinski definition) is 4. The van der Waals surface area contributed by atoms with Gasteiger partial charge in [0.05, 0.1) is 16.1 Å². The lowest BCUT2D eigenvalue weighted by molar-refractivity contribution is 0.0696. The molecule has 4 N–H and O–H groups in total. The molecule has 0 spiro atoms. The number of anilines is 1. The zero-order valence-corrected chi connectivity index (χ0v) is 11.8. The second-order valence-corrected chi connectivity index (χ2v) is 5.65. The van der Waals surface area contributed by atoms with Gasteiger partial charge in [-0.3, -0.25) is 0 Å². The molecule has 19 heavy (non-hydrogen) atoms. The molecule has 0 bridgehead atoms. The first-order valence-corrected chi connectivity index (χ1v) is 7.25. The summed E-state index contributed by atoms with van der Waals surface area (Å²) in [7, 11) is -4.04. The summed E-state index contributed by atoms with van der Waals surface area (Å²) in [6.07, 6.45) is 3.59. The number of rotatable bonds is 5. The number of benzene rings is 1. The lowest BCUT2D eigenvalue weighted by Gasteiger charge is -2.12. The SMILES string of the molecule is CC=CCNc1cc(C(=O)O)cc(S(N)(=O)=O)c1S. The highest BCUT2D eigenvalue weighted by Gasteiger charge is 2.19. The van der Waals surface area contributed by atoms with Crippen LogP contribution in [0, 0.1) is 0 Å². The zero-order chi connectivity index (χ0) is 14.6. The van der Waals surface area contributed by atoms with Crippen molar-refractivity contribution in [2.45, 2.75) is 16.7 Å². The minimum atomic E-state index is -4.04. The Morgan fingerprint density at radius 2 is 2.16 bits per heavy atom. The average Bonchev–Trinajstić information content (AvgIpc) is 2.29. The van der Waals surface area contributed by atoms with Crippen LogP contribution in [-0.4, -0.2) is 26.0 Å². The molecular weight excluding hydrogens is 288 g/mol. The number of thiol groups is 1. The van der Waals surface area contributed by atoms with Gasteiger partial charge >= 0.3 is 5.97 Å². The third-order valence-electron chi connectivity index (χ3n) is 2.27. The molecule has 0 saturated carbocycles. The molecule has 0 unspecified atom stereocenters. The minimum Gasteiger partial charge on any atom is -0.478 e. The van der Waals surface area contributed by atoms with E-state index in [9.17, 15) is 13.2 Å². The van der Waals surface area contributed by atoms with Crippen LogP contribution in [0.15, 0.2) is 34.1 Å². The number of carbonyl (C=O) groups is 1. The fourth-order valence-corrected chi connectivity index (χ4v) is 2.63. The number of carboxylic acid groups (broad SMARTS) is 1. The summed E-state index contributed by atoms with van der Waals surface area (Å²) in [6.45, 7) is 2.24. The fraction of sp³-hybridized carbons (Fsp3) is 0.182. The molecule has 104 valence electrons. The summed E-state index contributed by atoms with van der Waals surface area (Å²) in [5.74, 6) is -1.24. The molecule has 8 heteroatoms. The summed E-state index contributed by atoms with van der Waals surface area (Å²) in [6, 6.07) is 2.30. The van der Waals surface area contributed by atoms with Crippen LogP contribution in [0.5, 0.6) is 0 Å². The van der Waals surface area contributed by atoms with Crippen molar-refractivity contribution in [1.82, 2.24) is 0 Å². The number of hydrogen-bond acceptors (Lipinski definition) is 5. The Kier molecular flexibility index (Phi) is 4.98. The van der Waals surface area contributed by atoms with E-state index in [1.807, 2.05) is 6.92 Å². The number of primary sulfonamides is 1. The Labute approximate surface area is 116 Å². The second-order valence-electron chi connectivity index (χ2n) is 3.67. The molecule has 6 nitrogen and oxygen atoms in total. The molecule has 1 rings (SSSR count). The van der Waals surface area contributed by atoms with Crippen LogP contribution in [0.4, 0.5) is 5.69 Å². The quantitative estimate of drug-likeness (QED) is 0.484. The summed E-state index contributed by atoms with van der Waals surface area (Å²) in [5.41, 5.74) is 0.121. The van der Waals surface area contributed by atoms with Crippen molar-refractivity contribution < 1.29 is 18.3 Å². The van der Waals surface area contributed by atoms with Crippen molar-refractivity contribution in [3.63, 3.8) is 0 Å². The Morgan fingerprint density at radius 1 is 1.53 bits per heavy atom. The molecule has 0 aliphatic heterocycles. The summed E-state index contributed by atoms with van der Waals surface area (Å²) in [5, 5.41) is 16.9. The fourth-order valence-electron chi connectivity index (χ4n) is 1.37. The Bertz CT molecular complexity index is 624. The first kappa shape index (κ1) is 15.5. The average molecular weight is 302 g/mol. The largest absolute Gasteiger partial charge is 0.478 e. The van der Waals surface area contributed by atoms with Gasteiger partial charge in [-0.15, -0.1) is 12.6 Å². The van der Waals surface area contributed by atoms with E-state index in [-0.39, 0.29) is 15.4 Å². The van der Waals surface area contributed by atoms with E-state index in [4.69, 9.17) is 10.2 Å². The van der Waals surface area contributed by atoms with E-state index in [0.717, 1.165) is 6.07 Å². The van der Waals surface area contributed by atoms with Crippen LogP contribution in [0.1, 0.15) is 17.3 Å².